The second-order valence-electron chi connectivity index (χ2n) is 5.45. The molecule has 0 spiro atoms. The largest absolute Gasteiger partial charge is 0.318 e. The van der Waals surface area contributed by atoms with Gasteiger partial charge in [0.1, 0.15) is 0 Å². The van der Waals surface area contributed by atoms with E-state index >= 15 is 0 Å². The van der Waals surface area contributed by atoms with Crippen LogP contribution in [0.3, 0.4) is 0 Å². The minimum atomic E-state index is 0.756. The molecule has 2 aromatic heterocycles. The average molecular weight is 305 g/mol. The summed E-state index contributed by atoms with van der Waals surface area (Å²) in [6.45, 7) is 6.84. The van der Waals surface area contributed by atoms with Crippen molar-refractivity contribution in [3.8, 4) is 10.8 Å². The maximum absolute atomic E-state index is 4.80. The van der Waals surface area contributed by atoms with Gasteiger partial charge >= 0.3 is 0 Å². The van der Waals surface area contributed by atoms with Crippen molar-refractivity contribution in [3.05, 3.63) is 60.7 Å². The molecular weight excluding hydrogens is 290 g/mol. The van der Waals surface area contributed by atoms with Gasteiger partial charge < -0.3 is 4.57 Å². The second kappa shape index (κ2) is 5.07. The summed E-state index contributed by atoms with van der Waals surface area (Å²) >= 11 is 1.68. The molecule has 0 N–H and O–H groups in total. The quantitative estimate of drug-likeness (QED) is 0.505. The van der Waals surface area contributed by atoms with Crippen molar-refractivity contribution in [2.75, 3.05) is 0 Å². The van der Waals surface area contributed by atoms with E-state index in [2.05, 4.69) is 23.3 Å². The lowest BCUT2D eigenvalue weighted by atomic mass is 10.3. The normalized spacial score (nSPS) is 11.3. The number of para-hydroxylation sites is 3. The fourth-order valence-electron chi connectivity index (χ4n) is 2.64. The summed E-state index contributed by atoms with van der Waals surface area (Å²) < 4.78 is 3.39. The Labute approximate surface area is 132 Å². The van der Waals surface area contributed by atoms with Gasteiger partial charge in [0, 0.05) is 6.54 Å². The molecule has 22 heavy (non-hydrogen) atoms. The average Bonchev–Trinajstić information content (AvgIpc) is 3.08. The third-order valence-corrected chi connectivity index (χ3v) is 4.60. The summed E-state index contributed by atoms with van der Waals surface area (Å²) in [5.74, 6) is 0.922. The Balaban J connectivity index is 1.98. The molecule has 0 aliphatic carbocycles. The molecule has 2 heterocycles. The Kier molecular flexibility index (Phi) is 3.05. The van der Waals surface area contributed by atoms with Crippen molar-refractivity contribution in [2.24, 2.45) is 0 Å². The van der Waals surface area contributed by atoms with Gasteiger partial charge in [-0.05, 0) is 31.2 Å². The molecule has 3 nitrogen and oxygen atoms in total. The van der Waals surface area contributed by atoms with E-state index in [4.69, 9.17) is 9.97 Å². The molecule has 0 bridgehead atoms. The standard InChI is InChI=1S/C18H15N3S/c1-12(2)11-21-15-9-5-3-7-13(15)19-17(21)18-20-14-8-4-6-10-16(14)22-18/h3-10H,1,11H2,2H3. The van der Waals surface area contributed by atoms with Crippen LogP contribution in [0.15, 0.2) is 60.7 Å². The Hall–Kier alpha value is -2.46. The molecule has 0 saturated carbocycles. The molecule has 0 saturated heterocycles. The van der Waals surface area contributed by atoms with Gasteiger partial charge in [-0.15, -0.1) is 11.3 Å². The molecule has 0 unspecified atom stereocenters. The number of thiazole rings is 1. The third-order valence-electron chi connectivity index (χ3n) is 3.57. The maximum atomic E-state index is 4.80. The molecule has 0 atom stereocenters. The zero-order valence-corrected chi connectivity index (χ0v) is 13.1. The van der Waals surface area contributed by atoms with E-state index in [1.165, 1.54) is 4.70 Å². The highest BCUT2D eigenvalue weighted by molar-refractivity contribution is 7.21. The van der Waals surface area contributed by atoms with Gasteiger partial charge in [-0.1, -0.05) is 36.4 Å². The van der Waals surface area contributed by atoms with Crippen LogP contribution in [-0.4, -0.2) is 14.5 Å². The van der Waals surface area contributed by atoms with Gasteiger partial charge in [0.05, 0.1) is 21.3 Å². The van der Waals surface area contributed by atoms with E-state index in [9.17, 15) is 0 Å². The Morgan fingerprint density at radius 2 is 1.77 bits per heavy atom. The first-order valence-electron chi connectivity index (χ1n) is 7.18. The minimum absolute atomic E-state index is 0.756. The van der Waals surface area contributed by atoms with E-state index in [1.54, 1.807) is 11.3 Å². The molecule has 4 rings (SSSR count). The van der Waals surface area contributed by atoms with Gasteiger partial charge in [0.25, 0.3) is 0 Å². The van der Waals surface area contributed by atoms with Crippen molar-refractivity contribution in [2.45, 2.75) is 13.5 Å². The first-order chi connectivity index (χ1) is 10.7. The molecule has 2 aromatic carbocycles. The highest BCUT2D eigenvalue weighted by Crippen LogP contribution is 2.32. The number of fused-ring (bicyclic) bond motifs is 2. The highest BCUT2D eigenvalue weighted by Gasteiger charge is 2.16. The van der Waals surface area contributed by atoms with Crippen molar-refractivity contribution in [1.82, 2.24) is 14.5 Å². The summed E-state index contributed by atoms with van der Waals surface area (Å²) in [6.07, 6.45) is 0. The van der Waals surface area contributed by atoms with Gasteiger partial charge in [0.2, 0.25) is 0 Å². The van der Waals surface area contributed by atoms with E-state index in [0.29, 0.717) is 0 Å². The third kappa shape index (κ3) is 2.12. The predicted octanol–water partition coefficient (Wildman–Crippen LogP) is 4.89. The number of nitrogens with zero attached hydrogens (tertiary/aromatic N) is 3. The van der Waals surface area contributed by atoms with Crippen LogP contribution in [0.25, 0.3) is 32.1 Å². The first-order valence-corrected chi connectivity index (χ1v) is 7.99. The molecule has 0 radical (unpaired) electrons. The zero-order chi connectivity index (χ0) is 15.1. The van der Waals surface area contributed by atoms with Crippen molar-refractivity contribution >= 4 is 32.6 Å². The fraction of sp³-hybridized carbons (Fsp3) is 0.111. The number of benzene rings is 2. The van der Waals surface area contributed by atoms with Crippen LogP contribution < -0.4 is 0 Å². The fourth-order valence-corrected chi connectivity index (χ4v) is 3.60. The predicted molar refractivity (Wildman–Crippen MR) is 93.2 cm³/mol. The maximum Gasteiger partial charge on any atom is 0.170 e. The summed E-state index contributed by atoms with van der Waals surface area (Å²) in [6, 6.07) is 16.4. The van der Waals surface area contributed by atoms with Gasteiger partial charge in [-0.25, -0.2) is 9.97 Å². The van der Waals surface area contributed by atoms with Crippen LogP contribution in [0.1, 0.15) is 6.92 Å². The second-order valence-corrected chi connectivity index (χ2v) is 6.48. The summed E-state index contributed by atoms with van der Waals surface area (Å²) in [5, 5.41) is 0.957. The number of imidazole rings is 1. The summed E-state index contributed by atoms with van der Waals surface area (Å²) in [4.78, 5) is 9.55. The zero-order valence-electron chi connectivity index (χ0n) is 12.3. The van der Waals surface area contributed by atoms with Crippen LogP contribution in [-0.2, 0) is 6.54 Å². The molecule has 0 aliphatic rings. The van der Waals surface area contributed by atoms with Crippen LogP contribution >= 0.6 is 11.3 Å². The Morgan fingerprint density at radius 3 is 2.55 bits per heavy atom. The summed E-state index contributed by atoms with van der Waals surface area (Å²) in [5.41, 5.74) is 4.25. The van der Waals surface area contributed by atoms with Crippen molar-refractivity contribution in [1.29, 1.82) is 0 Å². The highest BCUT2D eigenvalue weighted by atomic mass is 32.1. The lowest BCUT2D eigenvalue weighted by Gasteiger charge is -2.06. The number of rotatable bonds is 3. The lowest BCUT2D eigenvalue weighted by molar-refractivity contribution is 0.820. The molecule has 108 valence electrons. The molecule has 4 heteroatoms. The van der Waals surface area contributed by atoms with Crippen LogP contribution in [0.4, 0.5) is 0 Å². The SMILES string of the molecule is C=C(C)Cn1c(-c2nc3ccccc3s2)nc2ccccc21. The monoisotopic (exact) mass is 305 g/mol. The molecular formula is C18H15N3S. The van der Waals surface area contributed by atoms with E-state index < -0.39 is 0 Å². The molecule has 0 aliphatic heterocycles. The van der Waals surface area contributed by atoms with Crippen molar-refractivity contribution in [3.63, 3.8) is 0 Å². The number of allylic oxidation sites excluding steroid dienone is 1. The topological polar surface area (TPSA) is 30.7 Å². The van der Waals surface area contributed by atoms with Crippen LogP contribution in [0.5, 0.6) is 0 Å². The van der Waals surface area contributed by atoms with Crippen LogP contribution in [0.2, 0.25) is 0 Å². The van der Waals surface area contributed by atoms with Gasteiger partial charge in [-0.2, -0.15) is 0 Å². The van der Waals surface area contributed by atoms with Crippen molar-refractivity contribution < 1.29 is 0 Å². The minimum Gasteiger partial charge on any atom is -0.318 e. The Bertz CT molecular complexity index is 961. The molecule has 4 aromatic rings. The summed E-state index contributed by atoms with van der Waals surface area (Å²) in [7, 11) is 0. The Morgan fingerprint density at radius 1 is 1.05 bits per heavy atom. The first kappa shape index (κ1) is 13.2. The van der Waals surface area contributed by atoms with Crippen LogP contribution in [0, 0.1) is 0 Å². The van der Waals surface area contributed by atoms with E-state index in [0.717, 1.165) is 39.5 Å². The number of aromatic nitrogens is 3. The molecule has 0 amide bonds. The lowest BCUT2D eigenvalue weighted by Crippen LogP contribution is -2.01. The number of hydrogen-bond acceptors (Lipinski definition) is 3. The number of hydrogen-bond donors (Lipinski definition) is 0. The smallest absolute Gasteiger partial charge is 0.170 e. The molecule has 0 fully saturated rings. The van der Waals surface area contributed by atoms with Gasteiger partial charge in [0.15, 0.2) is 10.8 Å². The van der Waals surface area contributed by atoms with Gasteiger partial charge in [-0.3, -0.25) is 0 Å². The van der Waals surface area contributed by atoms with E-state index in [1.807, 2.05) is 43.3 Å². The van der Waals surface area contributed by atoms with E-state index in [-0.39, 0.29) is 0 Å².